The Morgan fingerprint density at radius 2 is 2.05 bits per heavy atom. The fourth-order valence-corrected chi connectivity index (χ4v) is 2.26. The molecule has 102 valence electrons. The molecule has 6 nitrogen and oxygen atoms in total. The lowest BCUT2D eigenvalue weighted by atomic mass is 9.88. The summed E-state index contributed by atoms with van der Waals surface area (Å²) < 4.78 is 0. The molecule has 20 heavy (non-hydrogen) atoms. The van der Waals surface area contributed by atoms with Gasteiger partial charge in [-0.3, -0.25) is 0 Å². The van der Waals surface area contributed by atoms with E-state index >= 15 is 0 Å². The Morgan fingerprint density at radius 1 is 1.45 bits per heavy atom. The van der Waals surface area contributed by atoms with Crippen LogP contribution in [0.2, 0.25) is 5.02 Å². The van der Waals surface area contributed by atoms with Crippen molar-refractivity contribution in [1.29, 1.82) is 5.26 Å². The standard InChI is InChI=1S/C13H10ClN3O3/c1-7-10(6-15)11(8-2-4-9(14)5-3-8)17(13(19)20)12(18)16-7/h2-5,10-11H,1H3,(H,19,20). The molecule has 1 aliphatic heterocycles. The SMILES string of the molecule is CC1=NC(=O)N(C(=O)O)C(c2ccc(Cl)cc2)C1C#N. The highest BCUT2D eigenvalue weighted by Crippen LogP contribution is 2.34. The van der Waals surface area contributed by atoms with Gasteiger partial charge < -0.3 is 5.11 Å². The molecule has 1 N–H and O–H groups in total. The van der Waals surface area contributed by atoms with Gasteiger partial charge in [-0.05, 0) is 24.6 Å². The summed E-state index contributed by atoms with van der Waals surface area (Å²) in [6.45, 7) is 1.54. The summed E-state index contributed by atoms with van der Waals surface area (Å²) in [5.74, 6) is -0.815. The normalized spacial score (nSPS) is 22.1. The lowest BCUT2D eigenvalue weighted by Crippen LogP contribution is -2.46. The van der Waals surface area contributed by atoms with Crippen LogP contribution in [0.25, 0.3) is 0 Å². The number of hydrogen-bond donors (Lipinski definition) is 1. The van der Waals surface area contributed by atoms with Crippen molar-refractivity contribution in [2.24, 2.45) is 10.9 Å². The molecular formula is C13H10ClN3O3. The van der Waals surface area contributed by atoms with Gasteiger partial charge in [-0.15, -0.1) is 0 Å². The van der Waals surface area contributed by atoms with E-state index in [2.05, 4.69) is 4.99 Å². The minimum absolute atomic E-state index is 0.301. The summed E-state index contributed by atoms with van der Waals surface area (Å²) in [7, 11) is 0. The molecule has 0 saturated carbocycles. The number of carbonyl (C=O) groups excluding carboxylic acids is 1. The summed E-state index contributed by atoms with van der Waals surface area (Å²) in [4.78, 5) is 27.2. The molecule has 0 fully saturated rings. The molecule has 2 unspecified atom stereocenters. The zero-order valence-corrected chi connectivity index (χ0v) is 11.2. The fraction of sp³-hybridized carbons (Fsp3) is 0.231. The first-order valence-corrected chi connectivity index (χ1v) is 6.10. The average Bonchev–Trinajstić information content (AvgIpc) is 2.38. The molecule has 1 heterocycles. The Balaban J connectivity index is 2.57. The summed E-state index contributed by atoms with van der Waals surface area (Å²) >= 11 is 5.79. The van der Waals surface area contributed by atoms with E-state index in [-0.39, 0.29) is 0 Å². The van der Waals surface area contributed by atoms with Crippen molar-refractivity contribution in [3.05, 3.63) is 34.9 Å². The smallest absolute Gasteiger partial charge is 0.416 e. The molecule has 1 aliphatic rings. The van der Waals surface area contributed by atoms with Gasteiger partial charge in [0.05, 0.1) is 12.1 Å². The van der Waals surface area contributed by atoms with Gasteiger partial charge >= 0.3 is 12.1 Å². The van der Waals surface area contributed by atoms with Crippen molar-refractivity contribution < 1.29 is 14.7 Å². The first kappa shape index (κ1) is 14.0. The molecule has 0 saturated heterocycles. The van der Waals surface area contributed by atoms with E-state index in [0.29, 0.717) is 21.2 Å². The Bertz CT molecular complexity index is 633. The Labute approximate surface area is 119 Å². The topological polar surface area (TPSA) is 93.8 Å². The summed E-state index contributed by atoms with van der Waals surface area (Å²) in [5.41, 5.74) is 0.820. The van der Waals surface area contributed by atoms with Gasteiger partial charge in [-0.25, -0.2) is 19.5 Å². The summed E-state index contributed by atoms with van der Waals surface area (Å²) in [6, 6.07) is 6.55. The first-order valence-electron chi connectivity index (χ1n) is 5.72. The highest BCUT2D eigenvalue weighted by Gasteiger charge is 2.41. The van der Waals surface area contributed by atoms with Crippen molar-refractivity contribution in [2.75, 3.05) is 0 Å². The quantitative estimate of drug-likeness (QED) is 0.860. The molecule has 2 rings (SSSR count). The van der Waals surface area contributed by atoms with Crippen LogP contribution in [-0.2, 0) is 0 Å². The maximum atomic E-state index is 11.8. The van der Waals surface area contributed by atoms with Gasteiger partial charge in [0.2, 0.25) is 0 Å². The van der Waals surface area contributed by atoms with Crippen molar-refractivity contribution in [1.82, 2.24) is 4.90 Å². The number of carbonyl (C=O) groups is 2. The molecule has 0 aromatic heterocycles. The van der Waals surface area contributed by atoms with Gasteiger partial charge in [-0.1, -0.05) is 23.7 Å². The lowest BCUT2D eigenvalue weighted by molar-refractivity contribution is 0.129. The monoisotopic (exact) mass is 291 g/mol. The predicted octanol–water partition coefficient (Wildman–Crippen LogP) is 3.10. The zero-order chi connectivity index (χ0) is 14.9. The van der Waals surface area contributed by atoms with E-state index in [1.165, 1.54) is 6.92 Å². The molecule has 0 spiro atoms. The van der Waals surface area contributed by atoms with Crippen LogP contribution >= 0.6 is 11.6 Å². The predicted molar refractivity (Wildman–Crippen MR) is 71.7 cm³/mol. The van der Waals surface area contributed by atoms with Gasteiger partial charge in [0, 0.05) is 10.7 Å². The molecule has 7 heteroatoms. The number of hydrogen-bond acceptors (Lipinski definition) is 3. The molecule has 1 aromatic rings. The van der Waals surface area contributed by atoms with Crippen LogP contribution in [0.1, 0.15) is 18.5 Å². The maximum Gasteiger partial charge on any atom is 0.416 e. The highest BCUT2D eigenvalue weighted by molar-refractivity contribution is 6.30. The van der Waals surface area contributed by atoms with Gasteiger partial charge in [-0.2, -0.15) is 5.26 Å². The largest absolute Gasteiger partial charge is 0.465 e. The number of nitriles is 1. The van der Waals surface area contributed by atoms with Crippen LogP contribution < -0.4 is 0 Å². The van der Waals surface area contributed by atoms with Crippen molar-refractivity contribution in [3.63, 3.8) is 0 Å². The molecule has 2 atom stereocenters. The third-order valence-electron chi connectivity index (χ3n) is 3.08. The van der Waals surface area contributed by atoms with Gasteiger partial charge in [0.15, 0.2) is 0 Å². The van der Waals surface area contributed by atoms with Gasteiger partial charge in [0.25, 0.3) is 0 Å². The first-order chi connectivity index (χ1) is 9.45. The van der Waals surface area contributed by atoms with Crippen LogP contribution in [0.5, 0.6) is 0 Å². The molecular weight excluding hydrogens is 282 g/mol. The van der Waals surface area contributed by atoms with E-state index < -0.39 is 24.1 Å². The number of benzene rings is 1. The van der Waals surface area contributed by atoms with Gasteiger partial charge in [0.1, 0.15) is 5.92 Å². The van der Waals surface area contributed by atoms with Crippen LogP contribution in [-0.4, -0.2) is 27.8 Å². The zero-order valence-electron chi connectivity index (χ0n) is 10.4. The summed E-state index contributed by atoms with van der Waals surface area (Å²) in [6.07, 6.45) is -1.44. The number of rotatable bonds is 1. The minimum atomic E-state index is -1.44. The van der Waals surface area contributed by atoms with E-state index in [4.69, 9.17) is 11.6 Å². The fourth-order valence-electron chi connectivity index (χ4n) is 2.14. The number of carboxylic acid groups (broad SMARTS) is 1. The number of aliphatic imine (C=N–C) groups is 1. The second-order valence-electron chi connectivity index (χ2n) is 4.29. The highest BCUT2D eigenvalue weighted by atomic mass is 35.5. The number of nitrogens with zero attached hydrogens (tertiary/aromatic N) is 3. The molecule has 3 amide bonds. The maximum absolute atomic E-state index is 11.8. The van der Waals surface area contributed by atoms with E-state index in [9.17, 15) is 20.0 Å². The van der Waals surface area contributed by atoms with E-state index in [1.54, 1.807) is 24.3 Å². The summed E-state index contributed by atoms with van der Waals surface area (Å²) in [5, 5.41) is 18.9. The van der Waals surface area contributed by atoms with Crippen molar-refractivity contribution in [3.8, 4) is 6.07 Å². The third kappa shape index (κ3) is 2.36. The lowest BCUT2D eigenvalue weighted by Gasteiger charge is -2.33. The molecule has 1 aromatic carbocycles. The Morgan fingerprint density at radius 3 is 2.55 bits per heavy atom. The number of urea groups is 1. The Kier molecular flexibility index (Phi) is 3.72. The van der Waals surface area contributed by atoms with E-state index in [0.717, 1.165) is 0 Å². The minimum Gasteiger partial charge on any atom is -0.465 e. The number of amides is 3. The number of halogens is 1. The second kappa shape index (κ2) is 5.31. The average molecular weight is 292 g/mol. The molecule has 0 bridgehead atoms. The van der Waals surface area contributed by atoms with Crippen LogP contribution in [0.3, 0.4) is 0 Å². The third-order valence-corrected chi connectivity index (χ3v) is 3.33. The second-order valence-corrected chi connectivity index (χ2v) is 4.73. The van der Waals surface area contributed by atoms with Crippen molar-refractivity contribution >= 4 is 29.4 Å². The van der Waals surface area contributed by atoms with Crippen LogP contribution in [0.15, 0.2) is 29.3 Å². The van der Waals surface area contributed by atoms with E-state index in [1.807, 2.05) is 6.07 Å². The molecule has 0 aliphatic carbocycles. The van der Waals surface area contributed by atoms with Crippen molar-refractivity contribution in [2.45, 2.75) is 13.0 Å². The van der Waals surface area contributed by atoms with Crippen LogP contribution in [0, 0.1) is 17.2 Å². The van der Waals surface area contributed by atoms with Crippen LogP contribution in [0.4, 0.5) is 9.59 Å². The molecule has 0 radical (unpaired) electrons. The number of imide groups is 1. The Hall–Kier alpha value is -2.39.